The molecule has 0 atom stereocenters. The Morgan fingerprint density at radius 2 is 2.00 bits per heavy atom. The zero-order valence-electron chi connectivity index (χ0n) is 12.9. The molecule has 6 heteroatoms. The summed E-state index contributed by atoms with van der Waals surface area (Å²) in [5.74, 6) is 0.906. The van der Waals surface area contributed by atoms with Gasteiger partial charge in [0.2, 0.25) is 0 Å². The summed E-state index contributed by atoms with van der Waals surface area (Å²) in [6.07, 6.45) is -0.120. The van der Waals surface area contributed by atoms with Gasteiger partial charge in [-0.05, 0) is 37.3 Å². The van der Waals surface area contributed by atoms with Crippen molar-refractivity contribution < 1.29 is 14.6 Å². The minimum Gasteiger partial charge on any atom is -0.481 e. The average Bonchev–Trinajstić information content (AvgIpc) is 2.90. The molecular formula is C18H15ClN2O3. The smallest absolute Gasteiger partial charge is 0.309 e. The predicted octanol–water partition coefficient (Wildman–Crippen LogP) is 4.46. The van der Waals surface area contributed by atoms with Crippen molar-refractivity contribution in [3.05, 3.63) is 64.9 Å². The highest BCUT2D eigenvalue weighted by Crippen LogP contribution is 2.32. The second kappa shape index (κ2) is 6.76. The number of hydrogen-bond donors (Lipinski definition) is 2. The molecule has 122 valence electrons. The van der Waals surface area contributed by atoms with E-state index < -0.39 is 5.97 Å². The molecule has 0 aliphatic heterocycles. The zero-order valence-corrected chi connectivity index (χ0v) is 13.7. The van der Waals surface area contributed by atoms with Gasteiger partial charge < -0.3 is 14.8 Å². The van der Waals surface area contributed by atoms with Gasteiger partial charge in [0, 0.05) is 11.3 Å². The average molecular weight is 343 g/mol. The van der Waals surface area contributed by atoms with Crippen molar-refractivity contribution in [2.45, 2.75) is 13.3 Å². The quantitative estimate of drug-likeness (QED) is 0.718. The number of carboxylic acid groups (broad SMARTS) is 1. The topological polar surface area (TPSA) is 75.2 Å². The van der Waals surface area contributed by atoms with Crippen LogP contribution < -0.4 is 4.74 Å². The number of aromatic nitrogens is 2. The Morgan fingerprint density at radius 1 is 1.25 bits per heavy atom. The molecule has 3 rings (SSSR count). The fourth-order valence-electron chi connectivity index (χ4n) is 2.29. The van der Waals surface area contributed by atoms with E-state index in [1.165, 1.54) is 0 Å². The zero-order chi connectivity index (χ0) is 17.1. The van der Waals surface area contributed by atoms with Crippen LogP contribution in [-0.2, 0) is 11.2 Å². The lowest BCUT2D eigenvalue weighted by molar-refractivity contribution is -0.136. The van der Waals surface area contributed by atoms with Crippen molar-refractivity contribution in [3.8, 4) is 22.9 Å². The summed E-state index contributed by atoms with van der Waals surface area (Å²) >= 11 is 6.30. The number of hydrogen-bond acceptors (Lipinski definition) is 3. The van der Waals surface area contributed by atoms with E-state index in [1.54, 1.807) is 19.1 Å². The minimum atomic E-state index is -0.916. The molecule has 2 N–H and O–H groups in total. The Hall–Kier alpha value is -2.79. The van der Waals surface area contributed by atoms with Crippen molar-refractivity contribution in [1.82, 2.24) is 9.97 Å². The third-order valence-corrected chi connectivity index (χ3v) is 3.78. The molecule has 0 unspecified atom stereocenters. The molecular weight excluding hydrogens is 328 g/mol. The van der Waals surface area contributed by atoms with Gasteiger partial charge in [0.1, 0.15) is 17.3 Å². The largest absolute Gasteiger partial charge is 0.481 e. The van der Waals surface area contributed by atoms with E-state index >= 15 is 0 Å². The standard InChI is InChI=1S/C18H15ClN2O3/c1-11-15(10-17(22)23)21-18(20-11)12-7-8-16(14(19)9-12)24-13-5-3-2-4-6-13/h2-9H,10H2,1H3,(H,20,21)(H,22,23). The molecule has 0 bridgehead atoms. The summed E-state index contributed by atoms with van der Waals surface area (Å²) in [4.78, 5) is 18.3. The van der Waals surface area contributed by atoms with Gasteiger partial charge in [-0.1, -0.05) is 29.8 Å². The van der Waals surface area contributed by atoms with E-state index in [-0.39, 0.29) is 6.42 Å². The second-order valence-electron chi connectivity index (χ2n) is 5.29. The van der Waals surface area contributed by atoms with Gasteiger partial charge in [-0.25, -0.2) is 4.98 Å². The number of carbonyl (C=O) groups is 1. The molecule has 3 aromatic rings. The lowest BCUT2D eigenvalue weighted by atomic mass is 10.2. The van der Waals surface area contributed by atoms with Gasteiger partial charge in [-0.2, -0.15) is 0 Å². The molecule has 2 aromatic carbocycles. The highest BCUT2D eigenvalue weighted by molar-refractivity contribution is 6.32. The maximum Gasteiger partial charge on any atom is 0.309 e. The number of imidazole rings is 1. The summed E-state index contributed by atoms with van der Waals surface area (Å²) < 4.78 is 5.74. The predicted molar refractivity (Wildman–Crippen MR) is 91.6 cm³/mol. The fourth-order valence-corrected chi connectivity index (χ4v) is 2.51. The van der Waals surface area contributed by atoms with Crippen LogP contribution in [0.1, 0.15) is 11.4 Å². The number of para-hydroxylation sites is 1. The van der Waals surface area contributed by atoms with Crippen molar-refractivity contribution >= 4 is 17.6 Å². The van der Waals surface area contributed by atoms with Crippen LogP contribution in [-0.4, -0.2) is 21.0 Å². The Balaban J connectivity index is 1.86. The summed E-state index contributed by atoms with van der Waals surface area (Å²) in [5.41, 5.74) is 2.01. The van der Waals surface area contributed by atoms with Crippen molar-refractivity contribution in [2.75, 3.05) is 0 Å². The van der Waals surface area contributed by atoms with E-state index in [0.717, 1.165) is 11.3 Å². The normalized spacial score (nSPS) is 10.6. The second-order valence-corrected chi connectivity index (χ2v) is 5.70. The molecule has 0 amide bonds. The van der Waals surface area contributed by atoms with Crippen LogP contribution in [0.5, 0.6) is 11.5 Å². The minimum absolute atomic E-state index is 0.120. The first-order valence-corrected chi connectivity index (χ1v) is 7.71. The Bertz CT molecular complexity index is 875. The first-order valence-electron chi connectivity index (χ1n) is 7.33. The molecule has 0 fully saturated rings. The highest BCUT2D eigenvalue weighted by Gasteiger charge is 2.13. The number of carboxylic acids is 1. The van der Waals surface area contributed by atoms with Crippen molar-refractivity contribution in [2.24, 2.45) is 0 Å². The first kappa shape index (κ1) is 16.1. The van der Waals surface area contributed by atoms with E-state index in [2.05, 4.69) is 9.97 Å². The number of ether oxygens (including phenoxy) is 1. The molecule has 0 aliphatic carbocycles. The molecule has 5 nitrogen and oxygen atoms in total. The number of nitrogens with one attached hydrogen (secondary N) is 1. The van der Waals surface area contributed by atoms with Crippen LogP contribution in [0.15, 0.2) is 48.5 Å². The van der Waals surface area contributed by atoms with Gasteiger partial charge >= 0.3 is 5.97 Å². The molecule has 0 aliphatic rings. The third-order valence-electron chi connectivity index (χ3n) is 3.48. The first-order chi connectivity index (χ1) is 11.5. The van der Waals surface area contributed by atoms with Crippen LogP contribution in [0.25, 0.3) is 11.4 Å². The van der Waals surface area contributed by atoms with Crippen LogP contribution in [0.3, 0.4) is 0 Å². The summed E-state index contributed by atoms with van der Waals surface area (Å²) in [6, 6.07) is 14.7. The maximum atomic E-state index is 10.8. The SMILES string of the molecule is Cc1[nH]c(-c2ccc(Oc3ccccc3)c(Cl)c2)nc1CC(=O)O. The van der Waals surface area contributed by atoms with E-state index in [0.29, 0.717) is 28.0 Å². The monoisotopic (exact) mass is 342 g/mol. The third kappa shape index (κ3) is 3.58. The van der Waals surface area contributed by atoms with Crippen LogP contribution >= 0.6 is 11.6 Å². The summed E-state index contributed by atoms with van der Waals surface area (Å²) in [5, 5.41) is 9.35. The van der Waals surface area contributed by atoms with Crippen LogP contribution in [0.2, 0.25) is 5.02 Å². The Morgan fingerprint density at radius 3 is 2.67 bits per heavy atom. The van der Waals surface area contributed by atoms with Crippen molar-refractivity contribution in [1.29, 1.82) is 0 Å². The number of aryl methyl sites for hydroxylation is 1. The van der Waals surface area contributed by atoms with Gasteiger partial charge in [0.25, 0.3) is 0 Å². The molecule has 0 saturated carbocycles. The molecule has 1 heterocycles. The van der Waals surface area contributed by atoms with E-state index in [1.807, 2.05) is 36.4 Å². The number of rotatable bonds is 5. The number of nitrogens with zero attached hydrogens (tertiary/aromatic N) is 1. The molecule has 24 heavy (non-hydrogen) atoms. The number of benzene rings is 2. The van der Waals surface area contributed by atoms with Gasteiger partial charge in [-0.15, -0.1) is 0 Å². The summed E-state index contributed by atoms with van der Waals surface area (Å²) in [7, 11) is 0. The van der Waals surface area contributed by atoms with Gasteiger partial charge in [0.05, 0.1) is 17.1 Å². The van der Waals surface area contributed by atoms with Gasteiger partial charge in [0.15, 0.2) is 0 Å². The molecule has 0 radical (unpaired) electrons. The Kier molecular flexibility index (Phi) is 4.53. The van der Waals surface area contributed by atoms with Crippen molar-refractivity contribution in [3.63, 3.8) is 0 Å². The maximum absolute atomic E-state index is 10.8. The Labute approximate surface area is 143 Å². The molecule has 0 saturated heterocycles. The van der Waals surface area contributed by atoms with E-state index in [9.17, 15) is 4.79 Å². The van der Waals surface area contributed by atoms with Crippen LogP contribution in [0.4, 0.5) is 0 Å². The fraction of sp³-hybridized carbons (Fsp3) is 0.111. The number of aliphatic carboxylic acids is 1. The lowest BCUT2D eigenvalue weighted by Gasteiger charge is -2.08. The lowest BCUT2D eigenvalue weighted by Crippen LogP contribution is -2.01. The highest BCUT2D eigenvalue weighted by atomic mass is 35.5. The molecule has 0 spiro atoms. The van der Waals surface area contributed by atoms with Gasteiger partial charge in [-0.3, -0.25) is 4.79 Å². The summed E-state index contributed by atoms with van der Waals surface area (Å²) in [6.45, 7) is 1.79. The van der Waals surface area contributed by atoms with Crippen LogP contribution in [0, 0.1) is 6.92 Å². The van der Waals surface area contributed by atoms with E-state index in [4.69, 9.17) is 21.4 Å². The molecule has 1 aromatic heterocycles. The number of aromatic amines is 1. The number of H-pyrrole nitrogens is 1. The number of halogens is 1.